The van der Waals surface area contributed by atoms with Crippen molar-refractivity contribution in [1.82, 2.24) is 5.32 Å². The van der Waals surface area contributed by atoms with Crippen LogP contribution >= 0.6 is 0 Å². The van der Waals surface area contributed by atoms with E-state index in [0.717, 1.165) is 29.7 Å². The van der Waals surface area contributed by atoms with Crippen LogP contribution in [-0.4, -0.2) is 0 Å². The molecule has 0 spiro atoms. The lowest BCUT2D eigenvalue weighted by molar-refractivity contribution is 0.620. The molecule has 3 nitrogen and oxygen atoms in total. The average Bonchev–Trinajstić information content (AvgIpc) is 3.36. The second-order valence-corrected chi connectivity index (χ2v) is 12.3. The Hall–Kier alpha value is -6.42. The molecule has 0 saturated heterocycles. The minimum absolute atomic E-state index is 0.00385. The molecule has 5 rings (SSSR count). The first-order chi connectivity index (χ1) is 30.3. The van der Waals surface area contributed by atoms with Gasteiger partial charge in [-0.15, -0.1) is 19.7 Å². The average molecular weight is 832 g/mol. The Bertz CT molecular complexity index is 1840. The van der Waals surface area contributed by atoms with Crippen molar-refractivity contribution in [3.63, 3.8) is 0 Å². The van der Waals surface area contributed by atoms with Crippen LogP contribution in [0.2, 0.25) is 0 Å². The van der Waals surface area contributed by atoms with Crippen molar-refractivity contribution in [2.75, 3.05) is 4.90 Å². The van der Waals surface area contributed by atoms with Crippen LogP contribution in [0, 0.1) is 0 Å². The highest BCUT2D eigenvalue weighted by Gasteiger charge is 2.13. The van der Waals surface area contributed by atoms with Gasteiger partial charge >= 0.3 is 0 Å². The van der Waals surface area contributed by atoms with Crippen LogP contribution in [0.15, 0.2) is 240 Å². The molecule has 1 aliphatic heterocycles. The normalized spacial score (nSPS) is 14.6. The summed E-state index contributed by atoms with van der Waals surface area (Å²) in [7, 11) is 0. The number of nitrogens with one attached hydrogen (secondary N) is 1. The van der Waals surface area contributed by atoms with E-state index in [4.69, 9.17) is 5.73 Å². The number of benzene rings is 3. The summed E-state index contributed by atoms with van der Waals surface area (Å²) >= 11 is 0. The van der Waals surface area contributed by atoms with E-state index in [1.807, 2.05) is 117 Å². The Morgan fingerprint density at radius 2 is 1.06 bits per heavy atom. The third kappa shape index (κ3) is 26.6. The molecule has 0 saturated carbocycles. The number of hydrogen-bond acceptors (Lipinski definition) is 3. The zero-order chi connectivity index (χ0) is 47.4. The number of nitrogens with two attached hydrogens (primary N) is 1. The van der Waals surface area contributed by atoms with Crippen LogP contribution in [0.5, 0.6) is 0 Å². The molecule has 1 atom stereocenters. The van der Waals surface area contributed by atoms with E-state index in [9.17, 15) is 0 Å². The molecule has 1 heterocycles. The molecule has 332 valence electrons. The summed E-state index contributed by atoms with van der Waals surface area (Å²) in [4.78, 5) is 2.09. The zero-order valence-corrected chi connectivity index (χ0v) is 40.0. The fourth-order valence-electron chi connectivity index (χ4n) is 5.19. The van der Waals surface area contributed by atoms with Gasteiger partial charge in [0.2, 0.25) is 0 Å². The maximum absolute atomic E-state index is 5.88. The van der Waals surface area contributed by atoms with Crippen LogP contribution in [0.4, 0.5) is 5.69 Å². The van der Waals surface area contributed by atoms with Gasteiger partial charge in [0.05, 0.1) is 6.04 Å². The third-order valence-corrected chi connectivity index (χ3v) is 7.86. The SMILES string of the molecule is C=C1/C=C\C=C/N(c2ccc(CNC(/C=C\N)c3cccc(C4=CC=C(c5ccccc5)CC4)c3)cc2)/C=C\C=C/C1=C.C=CC.C=CC.C=CC.C=CC=C.CC.CC.CC. The standard InChI is InChI=1S/C40H39N3.C4H6.3C3H6.3C2H6/c1-31-11-6-8-27-43(28-9-7-12-32(31)2)39-23-17-33(18-24-39)30-42-40(25-26-41)38-16-10-15-37(29-38)36-21-19-35(20-22-36)34-13-4-3-5-14-34;1-3-4-2;3*1-3-2;3*1-2/h3-19,21,23-29,40,42H,1-2,20,22,30,41H2;3-4H,1-2H2;3*3H,1H2,2H3;3*1-2H3/b11-6-,12-7-,26-25-,27-8-,28-9-;;;;;;;. The Balaban J connectivity index is -0.00000158. The lowest BCUT2D eigenvalue weighted by atomic mass is 9.89. The predicted molar refractivity (Wildman–Crippen MR) is 287 cm³/mol. The molecule has 3 N–H and O–H groups in total. The molecule has 3 heteroatoms. The molecular formula is C59H81N3. The van der Waals surface area contributed by atoms with E-state index >= 15 is 0 Å². The number of rotatable bonds is 9. The van der Waals surface area contributed by atoms with E-state index in [0.29, 0.717) is 6.54 Å². The summed E-state index contributed by atoms with van der Waals surface area (Å²) in [6.45, 7) is 43.3. The van der Waals surface area contributed by atoms with Crippen molar-refractivity contribution in [2.45, 2.75) is 87.7 Å². The minimum atomic E-state index is 0.00385. The van der Waals surface area contributed by atoms with Gasteiger partial charge in [-0.3, -0.25) is 0 Å². The third-order valence-electron chi connectivity index (χ3n) is 7.86. The lowest BCUT2D eigenvalue weighted by Crippen LogP contribution is -2.19. The topological polar surface area (TPSA) is 41.3 Å². The number of allylic oxidation sites excluding steroid dienone is 17. The molecule has 3 aromatic rings. The zero-order valence-electron chi connectivity index (χ0n) is 40.0. The lowest BCUT2D eigenvalue weighted by Gasteiger charge is -2.20. The first-order valence-electron chi connectivity index (χ1n) is 21.8. The van der Waals surface area contributed by atoms with Crippen LogP contribution < -0.4 is 16.0 Å². The molecule has 0 radical (unpaired) electrons. The monoisotopic (exact) mass is 832 g/mol. The van der Waals surface area contributed by atoms with Crippen molar-refractivity contribution >= 4 is 16.8 Å². The number of hydrogen-bond donors (Lipinski definition) is 2. The summed E-state index contributed by atoms with van der Waals surface area (Å²) < 4.78 is 0. The van der Waals surface area contributed by atoms with E-state index in [1.165, 1.54) is 33.4 Å². The second kappa shape index (κ2) is 42.7. The summed E-state index contributed by atoms with van der Waals surface area (Å²) in [5.41, 5.74) is 16.5. The second-order valence-electron chi connectivity index (χ2n) is 12.3. The number of nitrogens with zero attached hydrogens (tertiary/aromatic N) is 1. The first kappa shape index (κ1) is 59.9. The first-order valence-corrected chi connectivity index (χ1v) is 21.8. The van der Waals surface area contributed by atoms with Gasteiger partial charge in [0, 0.05) is 24.6 Å². The van der Waals surface area contributed by atoms with Gasteiger partial charge in [0.15, 0.2) is 0 Å². The summed E-state index contributed by atoms with van der Waals surface area (Å²) in [5, 5.41) is 3.69. The summed E-state index contributed by atoms with van der Waals surface area (Å²) in [5.74, 6) is 0. The van der Waals surface area contributed by atoms with E-state index in [2.05, 4.69) is 147 Å². The molecule has 3 aromatic carbocycles. The molecule has 1 unspecified atom stereocenters. The predicted octanol–water partition coefficient (Wildman–Crippen LogP) is 17.3. The molecule has 62 heavy (non-hydrogen) atoms. The molecule has 0 aromatic heterocycles. The highest BCUT2D eigenvalue weighted by molar-refractivity contribution is 5.78. The van der Waals surface area contributed by atoms with Crippen molar-refractivity contribution in [2.24, 2.45) is 5.73 Å². The largest absolute Gasteiger partial charge is 0.405 e. The van der Waals surface area contributed by atoms with Crippen LogP contribution in [0.1, 0.15) is 103 Å². The fraction of sp³-hybridized carbons (Fsp3) is 0.220. The van der Waals surface area contributed by atoms with E-state index in [-0.39, 0.29) is 6.04 Å². The van der Waals surface area contributed by atoms with Crippen LogP contribution in [0.3, 0.4) is 0 Å². The highest BCUT2D eigenvalue weighted by atomic mass is 15.1. The van der Waals surface area contributed by atoms with E-state index < -0.39 is 0 Å². The van der Waals surface area contributed by atoms with E-state index in [1.54, 1.807) is 36.6 Å². The molecule has 0 amide bonds. The summed E-state index contributed by atoms with van der Waals surface area (Å²) in [6, 6.07) is 28.0. The molecular weight excluding hydrogens is 751 g/mol. The minimum Gasteiger partial charge on any atom is -0.405 e. The number of anilines is 1. The van der Waals surface area contributed by atoms with Gasteiger partial charge in [-0.2, -0.15) is 0 Å². The fourth-order valence-corrected chi connectivity index (χ4v) is 5.19. The molecule has 2 aliphatic rings. The summed E-state index contributed by atoms with van der Waals surface area (Å²) in [6.07, 6.45) is 34.8. The van der Waals surface area contributed by atoms with Gasteiger partial charge in [0.25, 0.3) is 0 Å². The Kier molecular flexibility index (Phi) is 41.2. The Morgan fingerprint density at radius 1 is 0.613 bits per heavy atom. The van der Waals surface area contributed by atoms with Gasteiger partial charge in [-0.25, -0.2) is 0 Å². The van der Waals surface area contributed by atoms with Gasteiger partial charge in [0.1, 0.15) is 0 Å². The maximum atomic E-state index is 5.88. The van der Waals surface area contributed by atoms with Gasteiger partial charge < -0.3 is 16.0 Å². The quantitative estimate of drug-likeness (QED) is 0.167. The molecule has 0 bridgehead atoms. The molecule has 0 fully saturated rings. The van der Waals surface area contributed by atoms with Crippen LogP contribution in [0.25, 0.3) is 11.1 Å². The maximum Gasteiger partial charge on any atom is 0.0525 e. The van der Waals surface area contributed by atoms with Crippen molar-refractivity contribution in [3.8, 4) is 0 Å². The van der Waals surface area contributed by atoms with Crippen molar-refractivity contribution in [1.29, 1.82) is 0 Å². The van der Waals surface area contributed by atoms with Crippen molar-refractivity contribution in [3.05, 3.63) is 262 Å². The van der Waals surface area contributed by atoms with Crippen LogP contribution in [-0.2, 0) is 6.54 Å². The Labute approximate surface area is 381 Å². The highest BCUT2D eigenvalue weighted by Crippen LogP contribution is 2.32. The molecule has 1 aliphatic carbocycles. The van der Waals surface area contributed by atoms with Crippen molar-refractivity contribution < 1.29 is 0 Å². The smallest absolute Gasteiger partial charge is 0.0525 e. The Morgan fingerprint density at radius 3 is 1.50 bits per heavy atom. The van der Waals surface area contributed by atoms with Gasteiger partial charge in [-0.05, 0) is 121 Å². The van der Waals surface area contributed by atoms with Gasteiger partial charge in [-0.1, -0.05) is 195 Å².